The van der Waals surface area contributed by atoms with E-state index in [4.69, 9.17) is 10.00 Å². The van der Waals surface area contributed by atoms with Crippen LogP contribution in [-0.4, -0.2) is 25.7 Å². The van der Waals surface area contributed by atoms with Crippen LogP contribution < -0.4 is 5.32 Å². The summed E-state index contributed by atoms with van der Waals surface area (Å²) in [4.78, 5) is 11.4. The molecule has 0 radical (unpaired) electrons. The zero-order valence-corrected chi connectivity index (χ0v) is 9.87. The molecule has 0 saturated carbocycles. The molecule has 4 nitrogen and oxygen atoms in total. The Morgan fingerprint density at radius 1 is 1.62 bits per heavy atom. The maximum Gasteiger partial charge on any atom is 0.237 e. The lowest BCUT2D eigenvalue weighted by molar-refractivity contribution is -0.123. The highest BCUT2D eigenvalue weighted by atomic mass is 16.5. The standard InChI is InChI=1S/C12H20N2O2/c1-3-5-8-16-9-7-14-12(15)11(10-13)6-4-2/h3,11H,1,4-9H2,2H3,(H,14,15). The van der Waals surface area contributed by atoms with E-state index in [9.17, 15) is 4.79 Å². The summed E-state index contributed by atoms with van der Waals surface area (Å²) in [7, 11) is 0. The highest BCUT2D eigenvalue weighted by Gasteiger charge is 2.15. The smallest absolute Gasteiger partial charge is 0.237 e. The number of nitrogens with one attached hydrogen (secondary N) is 1. The minimum atomic E-state index is -0.529. The molecule has 1 N–H and O–H groups in total. The number of hydrogen-bond acceptors (Lipinski definition) is 3. The number of ether oxygens (including phenoxy) is 1. The quantitative estimate of drug-likeness (QED) is 0.478. The molecule has 90 valence electrons. The molecular formula is C12H20N2O2. The lowest BCUT2D eigenvalue weighted by Crippen LogP contribution is -2.32. The second kappa shape index (κ2) is 10.2. The molecule has 1 unspecified atom stereocenters. The molecular weight excluding hydrogens is 204 g/mol. The number of amides is 1. The molecule has 0 aliphatic heterocycles. The van der Waals surface area contributed by atoms with E-state index >= 15 is 0 Å². The summed E-state index contributed by atoms with van der Waals surface area (Å²) >= 11 is 0. The minimum Gasteiger partial charge on any atom is -0.379 e. The molecule has 0 spiro atoms. The Morgan fingerprint density at radius 3 is 2.94 bits per heavy atom. The summed E-state index contributed by atoms with van der Waals surface area (Å²) in [5.41, 5.74) is 0. The van der Waals surface area contributed by atoms with Gasteiger partial charge in [0.2, 0.25) is 5.91 Å². The largest absolute Gasteiger partial charge is 0.379 e. The van der Waals surface area contributed by atoms with E-state index in [1.165, 1.54) is 0 Å². The fraction of sp³-hybridized carbons (Fsp3) is 0.667. The van der Waals surface area contributed by atoms with Crippen molar-refractivity contribution in [2.75, 3.05) is 19.8 Å². The topological polar surface area (TPSA) is 62.1 Å². The van der Waals surface area contributed by atoms with E-state index < -0.39 is 5.92 Å². The van der Waals surface area contributed by atoms with E-state index in [0.717, 1.165) is 12.8 Å². The van der Waals surface area contributed by atoms with Gasteiger partial charge in [-0.05, 0) is 12.8 Å². The van der Waals surface area contributed by atoms with Gasteiger partial charge in [0.1, 0.15) is 5.92 Å². The van der Waals surface area contributed by atoms with Crippen molar-refractivity contribution in [3.8, 4) is 6.07 Å². The van der Waals surface area contributed by atoms with E-state index in [1.807, 2.05) is 13.0 Å². The zero-order chi connectivity index (χ0) is 12.2. The Kier molecular flexibility index (Phi) is 9.33. The number of hydrogen-bond donors (Lipinski definition) is 1. The summed E-state index contributed by atoms with van der Waals surface area (Å²) in [5, 5.41) is 11.4. The molecule has 4 heteroatoms. The number of nitrogens with zero attached hydrogens (tertiary/aromatic N) is 1. The van der Waals surface area contributed by atoms with E-state index in [1.54, 1.807) is 6.08 Å². The van der Waals surface area contributed by atoms with Crippen LogP contribution in [0, 0.1) is 17.2 Å². The summed E-state index contributed by atoms with van der Waals surface area (Å²) in [5.74, 6) is -0.727. The van der Waals surface area contributed by atoms with Crippen molar-refractivity contribution in [2.45, 2.75) is 26.2 Å². The molecule has 0 fully saturated rings. The van der Waals surface area contributed by atoms with Crippen LogP contribution in [0.4, 0.5) is 0 Å². The van der Waals surface area contributed by atoms with Crippen LogP contribution in [-0.2, 0) is 9.53 Å². The van der Waals surface area contributed by atoms with Gasteiger partial charge in [0.05, 0.1) is 19.3 Å². The summed E-state index contributed by atoms with van der Waals surface area (Å²) in [6.07, 6.45) is 4.04. The molecule has 0 saturated heterocycles. The van der Waals surface area contributed by atoms with Crippen molar-refractivity contribution in [1.29, 1.82) is 5.26 Å². The van der Waals surface area contributed by atoms with Gasteiger partial charge in [-0.2, -0.15) is 5.26 Å². The van der Waals surface area contributed by atoms with Gasteiger partial charge in [0.25, 0.3) is 0 Å². The van der Waals surface area contributed by atoms with Crippen molar-refractivity contribution in [1.82, 2.24) is 5.32 Å². The Morgan fingerprint density at radius 2 is 2.38 bits per heavy atom. The molecule has 0 heterocycles. The fourth-order valence-corrected chi connectivity index (χ4v) is 1.18. The van der Waals surface area contributed by atoms with Crippen LogP contribution in [0.2, 0.25) is 0 Å². The molecule has 16 heavy (non-hydrogen) atoms. The monoisotopic (exact) mass is 224 g/mol. The fourth-order valence-electron chi connectivity index (χ4n) is 1.18. The van der Waals surface area contributed by atoms with Crippen LogP contribution in [0.15, 0.2) is 12.7 Å². The Bertz CT molecular complexity index is 246. The van der Waals surface area contributed by atoms with Crippen LogP contribution in [0.1, 0.15) is 26.2 Å². The number of carbonyl (C=O) groups excluding carboxylic acids is 1. The molecule has 0 aliphatic rings. The Labute approximate surface area is 97.3 Å². The van der Waals surface area contributed by atoms with Crippen molar-refractivity contribution in [2.24, 2.45) is 5.92 Å². The van der Waals surface area contributed by atoms with Crippen LogP contribution in [0.25, 0.3) is 0 Å². The Balaban J connectivity index is 3.56. The summed E-state index contributed by atoms with van der Waals surface area (Å²) in [6, 6.07) is 2.00. The first-order valence-electron chi connectivity index (χ1n) is 5.62. The average molecular weight is 224 g/mol. The second-order valence-electron chi connectivity index (χ2n) is 3.45. The van der Waals surface area contributed by atoms with Crippen molar-refractivity contribution >= 4 is 5.91 Å². The van der Waals surface area contributed by atoms with Crippen LogP contribution in [0.5, 0.6) is 0 Å². The molecule has 0 aromatic carbocycles. The lowest BCUT2D eigenvalue weighted by atomic mass is 10.1. The maximum absolute atomic E-state index is 11.4. The molecule has 1 amide bonds. The SMILES string of the molecule is C=CCCOCCNC(=O)C(C#N)CCC. The van der Waals surface area contributed by atoms with Gasteiger partial charge in [-0.3, -0.25) is 4.79 Å². The Hall–Kier alpha value is -1.34. The predicted octanol–water partition coefficient (Wildman–Crippen LogP) is 1.64. The lowest BCUT2D eigenvalue weighted by Gasteiger charge is -2.09. The first-order chi connectivity index (χ1) is 7.76. The number of nitriles is 1. The van der Waals surface area contributed by atoms with Crippen LogP contribution in [0.3, 0.4) is 0 Å². The second-order valence-corrected chi connectivity index (χ2v) is 3.45. The summed E-state index contributed by atoms with van der Waals surface area (Å²) < 4.78 is 5.23. The van der Waals surface area contributed by atoms with Gasteiger partial charge in [0, 0.05) is 6.54 Å². The van der Waals surface area contributed by atoms with E-state index in [0.29, 0.717) is 26.2 Å². The van der Waals surface area contributed by atoms with Gasteiger partial charge in [-0.15, -0.1) is 6.58 Å². The molecule has 0 aromatic heterocycles. The highest BCUT2D eigenvalue weighted by Crippen LogP contribution is 2.04. The van der Waals surface area contributed by atoms with Crippen molar-refractivity contribution < 1.29 is 9.53 Å². The minimum absolute atomic E-state index is 0.198. The maximum atomic E-state index is 11.4. The third-order valence-electron chi connectivity index (χ3n) is 2.06. The summed E-state index contributed by atoms with van der Waals surface area (Å²) in [6.45, 7) is 7.08. The molecule has 1 atom stereocenters. The van der Waals surface area contributed by atoms with Crippen LogP contribution >= 0.6 is 0 Å². The van der Waals surface area contributed by atoms with E-state index in [-0.39, 0.29) is 5.91 Å². The highest BCUT2D eigenvalue weighted by molar-refractivity contribution is 5.80. The third kappa shape index (κ3) is 7.02. The normalized spacial score (nSPS) is 11.5. The van der Waals surface area contributed by atoms with Crippen molar-refractivity contribution in [3.63, 3.8) is 0 Å². The molecule has 0 rings (SSSR count). The first-order valence-corrected chi connectivity index (χ1v) is 5.62. The van der Waals surface area contributed by atoms with Gasteiger partial charge >= 0.3 is 0 Å². The predicted molar refractivity (Wildman–Crippen MR) is 62.7 cm³/mol. The molecule has 0 aliphatic carbocycles. The zero-order valence-electron chi connectivity index (χ0n) is 9.87. The van der Waals surface area contributed by atoms with Crippen molar-refractivity contribution in [3.05, 3.63) is 12.7 Å². The van der Waals surface area contributed by atoms with Gasteiger partial charge < -0.3 is 10.1 Å². The number of rotatable bonds is 9. The average Bonchev–Trinajstić information content (AvgIpc) is 2.30. The van der Waals surface area contributed by atoms with Gasteiger partial charge in [-0.25, -0.2) is 0 Å². The van der Waals surface area contributed by atoms with E-state index in [2.05, 4.69) is 11.9 Å². The van der Waals surface area contributed by atoms with Gasteiger partial charge in [0.15, 0.2) is 0 Å². The molecule has 0 aromatic rings. The molecule has 0 bridgehead atoms. The number of carbonyl (C=O) groups is 1. The van der Waals surface area contributed by atoms with Gasteiger partial charge in [-0.1, -0.05) is 19.4 Å². The first kappa shape index (κ1) is 14.7. The third-order valence-corrected chi connectivity index (χ3v) is 2.06.